The number of hydrogen-bond acceptors (Lipinski definition) is 3. The van der Waals surface area contributed by atoms with E-state index in [1.807, 2.05) is 0 Å². The third-order valence-corrected chi connectivity index (χ3v) is 0.923. The molecule has 0 unspecified atom stereocenters. The Bertz CT molecular complexity index is 78.5. The highest BCUT2D eigenvalue weighted by Gasteiger charge is 2.16. The minimum absolute atomic E-state index is 1.11. The predicted molar refractivity (Wildman–Crippen MR) is 31.1 cm³/mol. The minimum Gasteiger partial charge on any atom is -0.338 e. The van der Waals surface area contributed by atoms with E-state index in [-0.39, 0.29) is 0 Å². The Labute approximate surface area is 49.1 Å². The first-order chi connectivity index (χ1) is 3.68. The van der Waals surface area contributed by atoms with Crippen LogP contribution in [-0.2, 0) is 9.47 Å². The Morgan fingerprint density at radius 3 is 1.88 bits per heavy atom. The summed E-state index contributed by atoms with van der Waals surface area (Å²) in [4.78, 5) is 0. The van der Waals surface area contributed by atoms with Crippen molar-refractivity contribution in [2.75, 3.05) is 14.2 Å². The van der Waals surface area contributed by atoms with Gasteiger partial charge in [-0.25, -0.2) is 0 Å². The van der Waals surface area contributed by atoms with E-state index in [2.05, 4.69) is 16.1 Å². The molecule has 2 N–H and O–H groups in total. The zero-order valence-electron chi connectivity index (χ0n) is 5.18. The van der Waals surface area contributed by atoms with Gasteiger partial charge in [-0.1, -0.05) is 6.58 Å². The first-order valence-corrected chi connectivity index (χ1v) is 2.21. The number of ether oxygens (including phenoxy) is 2. The molecule has 0 aliphatic rings. The predicted octanol–water partition coefficient (Wildman–Crippen LogP) is 0.0777. The second kappa shape index (κ2) is 2.81. The molecule has 0 amide bonds. The van der Waals surface area contributed by atoms with Gasteiger partial charge >= 0.3 is 0 Å². The van der Waals surface area contributed by atoms with E-state index in [1.54, 1.807) is 0 Å². The SMILES string of the molecule is C=CC(N)(OC)OC. The standard InChI is InChI=1S/C5H11NO2/c1-4-5(6,7-2)8-3/h4H,1,6H2,2-3H3. The molecule has 0 aliphatic carbocycles. The largest absolute Gasteiger partial charge is 0.338 e. The van der Waals surface area contributed by atoms with Gasteiger partial charge in [0.15, 0.2) is 0 Å². The van der Waals surface area contributed by atoms with Crippen LogP contribution in [0.5, 0.6) is 0 Å². The second-order valence-electron chi connectivity index (χ2n) is 1.33. The van der Waals surface area contributed by atoms with Crippen LogP contribution in [0.15, 0.2) is 12.7 Å². The molecule has 0 rings (SSSR count). The van der Waals surface area contributed by atoms with Crippen molar-refractivity contribution in [3.05, 3.63) is 12.7 Å². The summed E-state index contributed by atoms with van der Waals surface area (Å²) < 4.78 is 9.35. The van der Waals surface area contributed by atoms with Crippen molar-refractivity contribution < 1.29 is 9.47 Å². The van der Waals surface area contributed by atoms with Crippen molar-refractivity contribution in [3.63, 3.8) is 0 Å². The van der Waals surface area contributed by atoms with E-state index in [0.29, 0.717) is 0 Å². The lowest BCUT2D eigenvalue weighted by Crippen LogP contribution is -2.41. The molecule has 0 aliphatic heterocycles. The molecule has 8 heavy (non-hydrogen) atoms. The van der Waals surface area contributed by atoms with E-state index < -0.39 is 5.91 Å². The highest BCUT2D eigenvalue weighted by Crippen LogP contribution is 2.00. The zero-order chi connectivity index (χ0) is 6.62. The van der Waals surface area contributed by atoms with Crippen LogP contribution >= 0.6 is 0 Å². The van der Waals surface area contributed by atoms with Crippen LogP contribution in [0.25, 0.3) is 0 Å². The normalized spacial score (nSPS) is 11.4. The van der Waals surface area contributed by atoms with Gasteiger partial charge in [0.25, 0.3) is 0 Å². The van der Waals surface area contributed by atoms with Gasteiger partial charge in [0.05, 0.1) is 0 Å². The van der Waals surface area contributed by atoms with Crippen molar-refractivity contribution in [2.24, 2.45) is 5.73 Å². The van der Waals surface area contributed by atoms with Crippen LogP contribution in [0.3, 0.4) is 0 Å². The lowest BCUT2D eigenvalue weighted by molar-refractivity contribution is -0.164. The van der Waals surface area contributed by atoms with Gasteiger partial charge in [-0.2, -0.15) is 0 Å². The molecule has 0 radical (unpaired) electrons. The highest BCUT2D eigenvalue weighted by molar-refractivity contribution is 4.82. The maximum Gasteiger partial charge on any atom is 0.245 e. The fraction of sp³-hybridized carbons (Fsp3) is 0.600. The molecule has 3 heteroatoms. The number of hydrogen-bond donors (Lipinski definition) is 1. The van der Waals surface area contributed by atoms with Gasteiger partial charge in [0.1, 0.15) is 0 Å². The van der Waals surface area contributed by atoms with Crippen LogP contribution in [0.4, 0.5) is 0 Å². The summed E-state index contributed by atoms with van der Waals surface area (Å²) in [6.45, 7) is 3.40. The number of rotatable bonds is 3. The first-order valence-electron chi connectivity index (χ1n) is 2.21. The maximum absolute atomic E-state index is 5.33. The molecule has 0 aromatic carbocycles. The Kier molecular flexibility index (Phi) is 2.68. The quantitative estimate of drug-likeness (QED) is 0.420. The fourth-order valence-electron chi connectivity index (χ4n) is 0.250. The van der Waals surface area contributed by atoms with Gasteiger partial charge in [0, 0.05) is 14.2 Å². The van der Waals surface area contributed by atoms with Gasteiger partial charge in [-0.15, -0.1) is 0 Å². The summed E-state index contributed by atoms with van der Waals surface area (Å²) >= 11 is 0. The Hall–Kier alpha value is -0.380. The lowest BCUT2D eigenvalue weighted by atomic mass is 10.5. The molecule has 0 heterocycles. The van der Waals surface area contributed by atoms with Crippen molar-refractivity contribution in [3.8, 4) is 0 Å². The average Bonchev–Trinajstić information content (AvgIpc) is 1.87. The fourth-order valence-corrected chi connectivity index (χ4v) is 0.250. The summed E-state index contributed by atoms with van der Waals surface area (Å²) in [7, 11) is 2.90. The van der Waals surface area contributed by atoms with Crippen LogP contribution in [0.1, 0.15) is 0 Å². The average molecular weight is 117 g/mol. The summed E-state index contributed by atoms with van der Waals surface area (Å²) in [5.41, 5.74) is 5.33. The van der Waals surface area contributed by atoms with Crippen LogP contribution < -0.4 is 5.73 Å². The van der Waals surface area contributed by atoms with E-state index in [0.717, 1.165) is 0 Å². The molecule has 3 nitrogen and oxygen atoms in total. The molecule has 0 spiro atoms. The summed E-state index contributed by atoms with van der Waals surface area (Å²) in [6.07, 6.45) is 1.38. The van der Waals surface area contributed by atoms with Crippen LogP contribution in [0.2, 0.25) is 0 Å². The molecule has 0 atom stereocenters. The molecule has 0 saturated heterocycles. The molecule has 0 saturated carbocycles. The molecule has 0 fully saturated rings. The van der Waals surface area contributed by atoms with Gasteiger partial charge < -0.3 is 9.47 Å². The molecular weight excluding hydrogens is 106 g/mol. The summed E-state index contributed by atoms with van der Waals surface area (Å²) in [6, 6.07) is 0. The van der Waals surface area contributed by atoms with Crippen molar-refractivity contribution in [1.29, 1.82) is 0 Å². The Balaban J connectivity index is 3.76. The first kappa shape index (κ1) is 7.62. The smallest absolute Gasteiger partial charge is 0.245 e. The van der Waals surface area contributed by atoms with Crippen molar-refractivity contribution >= 4 is 0 Å². The lowest BCUT2D eigenvalue weighted by Gasteiger charge is -2.20. The highest BCUT2D eigenvalue weighted by atomic mass is 16.7. The monoisotopic (exact) mass is 117 g/mol. The maximum atomic E-state index is 5.33. The van der Waals surface area contributed by atoms with Gasteiger partial charge in [-0.3, -0.25) is 5.73 Å². The number of methoxy groups -OCH3 is 2. The van der Waals surface area contributed by atoms with E-state index in [9.17, 15) is 0 Å². The third-order valence-electron chi connectivity index (χ3n) is 0.923. The minimum atomic E-state index is -1.11. The van der Waals surface area contributed by atoms with Crippen molar-refractivity contribution in [1.82, 2.24) is 0 Å². The van der Waals surface area contributed by atoms with Crippen LogP contribution in [0, 0.1) is 0 Å². The molecule has 0 aromatic heterocycles. The van der Waals surface area contributed by atoms with Gasteiger partial charge in [0.2, 0.25) is 5.91 Å². The van der Waals surface area contributed by atoms with Gasteiger partial charge in [-0.05, 0) is 6.08 Å². The van der Waals surface area contributed by atoms with Crippen molar-refractivity contribution in [2.45, 2.75) is 5.91 Å². The summed E-state index contributed by atoms with van der Waals surface area (Å²) in [5, 5.41) is 0. The molecule has 48 valence electrons. The molecular formula is C5H11NO2. The zero-order valence-corrected chi connectivity index (χ0v) is 5.18. The number of nitrogens with two attached hydrogens (primary N) is 1. The van der Waals surface area contributed by atoms with Crippen LogP contribution in [-0.4, -0.2) is 20.1 Å². The van der Waals surface area contributed by atoms with E-state index in [1.165, 1.54) is 20.3 Å². The topological polar surface area (TPSA) is 44.5 Å². The molecule has 0 aromatic rings. The van der Waals surface area contributed by atoms with E-state index in [4.69, 9.17) is 5.73 Å². The Morgan fingerprint density at radius 1 is 1.50 bits per heavy atom. The second-order valence-corrected chi connectivity index (χ2v) is 1.33. The molecule has 0 bridgehead atoms. The van der Waals surface area contributed by atoms with E-state index >= 15 is 0 Å². The Morgan fingerprint density at radius 2 is 1.88 bits per heavy atom. The third kappa shape index (κ3) is 1.61. The summed E-state index contributed by atoms with van der Waals surface area (Å²) in [5.74, 6) is -1.11.